The number of piperazine rings is 1. The van der Waals surface area contributed by atoms with Crippen LogP contribution in [-0.4, -0.2) is 43.4 Å². The number of nitrogens with zero attached hydrogens (tertiary/aromatic N) is 2. The van der Waals surface area contributed by atoms with E-state index in [1.807, 2.05) is 30.6 Å². The van der Waals surface area contributed by atoms with Crippen LogP contribution in [0.4, 0.5) is 0 Å². The summed E-state index contributed by atoms with van der Waals surface area (Å²) in [5.41, 5.74) is 2.34. The number of hydrogen-bond donors (Lipinski definition) is 1. The molecular weight excluding hydrogens is 306 g/mol. The Kier molecular flexibility index (Phi) is 4.23. The molecule has 3 heterocycles. The highest BCUT2D eigenvalue weighted by molar-refractivity contribution is 5.51. The van der Waals surface area contributed by atoms with E-state index < -0.39 is 0 Å². The second kappa shape index (κ2) is 6.67. The van der Waals surface area contributed by atoms with Gasteiger partial charge in [-0.25, -0.2) is 0 Å². The van der Waals surface area contributed by atoms with E-state index in [1.54, 1.807) is 7.11 Å². The van der Waals surface area contributed by atoms with Crippen molar-refractivity contribution in [3.05, 3.63) is 47.8 Å². The molecule has 0 saturated carbocycles. The lowest BCUT2D eigenvalue weighted by Gasteiger charge is -2.36. The average molecular weight is 327 g/mol. The fourth-order valence-electron chi connectivity index (χ4n) is 3.34. The molecule has 4 rings (SSSR count). The maximum Gasteiger partial charge on any atom is 0.231 e. The molecule has 0 radical (unpaired) electrons. The lowest BCUT2D eigenvalue weighted by atomic mass is 10.0. The van der Waals surface area contributed by atoms with Gasteiger partial charge in [-0.1, -0.05) is 6.07 Å². The predicted octanol–water partition coefficient (Wildman–Crippen LogP) is 1.97. The van der Waals surface area contributed by atoms with Crippen molar-refractivity contribution >= 4 is 0 Å². The average Bonchev–Trinajstić information content (AvgIpc) is 3.09. The Hall–Kier alpha value is -2.31. The van der Waals surface area contributed by atoms with Gasteiger partial charge in [0.15, 0.2) is 11.5 Å². The van der Waals surface area contributed by atoms with Crippen LogP contribution in [0.5, 0.6) is 17.2 Å². The van der Waals surface area contributed by atoms with Crippen molar-refractivity contribution in [1.29, 1.82) is 0 Å². The number of ether oxygens (including phenoxy) is 3. The highest BCUT2D eigenvalue weighted by Gasteiger charge is 2.26. The molecule has 0 bridgehead atoms. The molecule has 1 fully saturated rings. The van der Waals surface area contributed by atoms with Crippen LogP contribution in [0.25, 0.3) is 0 Å². The van der Waals surface area contributed by atoms with Crippen LogP contribution in [0, 0.1) is 0 Å². The van der Waals surface area contributed by atoms with E-state index in [0.717, 1.165) is 49.0 Å². The lowest BCUT2D eigenvalue weighted by Crippen LogP contribution is -2.45. The van der Waals surface area contributed by atoms with Crippen molar-refractivity contribution in [2.24, 2.45) is 0 Å². The zero-order valence-corrected chi connectivity index (χ0v) is 13.7. The summed E-state index contributed by atoms with van der Waals surface area (Å²) in [7, 11) is 1.69. The van der Waals surface area contributed by atoms with E-state index >= 15 is 0 Å². The minimum Gasteiger partial charge on any atom is -0.496 e. The number of hydrogen-bond acceptors (Lipinski definition) is 6. The molecule has 1 saturated heterocycles. The fraction of sp³-hybridized carbons (Fsp3) is 0.389. The van der Waals surface area contributed by atoms with Gasteiger partial charge in [-0.05, 0) is 17.7 Å². The summed E-state index contributed by atoms with van der Waals surface area (Å²) in [6, 6.07) is 8.36. The van der Waals surface area contributed by atoms with E-state index in [0.29, 0.717) is 6.04 Å². The molecule has 1 aromatic heterocycles. The third-order valence-electron chi connectivity index (χ3n) is 4.57. The van der Waals surface area contributed by atoms with Gasteiger partial charge in [0.2, 0.25) is 6.79 Å². The van der Waals surface area contributed by atoms with E-state index in [1.165, 1.54) is 5.56 Å². The molecule has 1 N–H and O–H groups in total. The molecule has 0 spiro atoms. The molecule has 0 amide bonds. The number of pyridine rings is 1. The monoisotopic (exact) mass is 327 g/mol. The number of methoxy groups -OCH3 is 1. The van der Waals surface area contributed by atoms with Gasteiger partial charge >= 0.3 is 0 Å². The van der Waals surface area contributed by atoms with Crippen molar-refractivity contribution in [3.63, 3.8) is 0 Å². The largest absolute Gasteiger partial charge is 0.496 e. The Morgan fingerprint density at radius 3 is 3.00 bits per heavy atom. The topological polar surface area (TPSA) is 55.9 Å². The SMILES string of the molecule is COc1cc2c(cc1CN1CCNCC1c1cccnc1)OCO2. The highest BCUT2D eigenvalue weighted by Crippen LogP contribution is 2.39. The number of rotatable bonds is 4. The highest BCUT2D eigenvalue weighted by atomic mass is 16.7. The number of benzene rings is 1. The molecule has 2 aliphatic heterocycles. The van der Waals surface area contributed by atoms with Gasteiger partial charge in [0.1, 0.15) is 5.75 Å². The third-order valence-corrected chi connectivity index (χ3v) is 4.57. The van der Waals surface area contributed by atoms with Gasteiger partial charge in [-0.2, -0.15) is 0 Å². The summed E-state index contributed by atoms with van der Waals surface area (Å²) in [5, 5.41) is 3.47. The van der Waals surface area contributed by atoms with Crippen molar-refractivity contribution in [3.8, 4) is 17.2 Å². The number of fused-ring (bicyclic) bond motifs is 1. The van der Waals surface area contributed by atoms with E-state index in [4.69, 9.17) is 14.2 Å². The summed E-state index contributed by atoms with van der Waals surface area (Å²) in [5.74, 6) is 2.38. The van der Waals surface area contributed by atoms with Crippen LogP contribution in [0.3, 0.4) is 0 Å². The Balaban J connectivity index is 1.61. The molecule has 1 aromatic carbocycles. The van der Waals surface area contributed by atoms with Crippen LogP contribution < -0.4 is 19.5 Å². The van der Waals surface area contributed by atoms with Crippen molar-refractivity contribution in [2.75, 3.05) is 33.5 Å². The van der Waals surface area contributed by atoms with Gasteiger partial charge in [0, 0.05) is 56.2 Å². The molecule has 126 valence electrons. The zero-order valence-electron chi connectivity index (χ0n) is 13.7. The van der Waals surface area contributed by atoms with Crippen molar-refractivity contribution in [1.82, 2.24) is 15.2 Å². The van der Waals surface area contributed by atoms with Gasteiger partial charge < -0.3 is 19.5 Å². The first-order valence-electron chi connectivity index (χ1n) is 8.16. The molecule has 6 nitrogen and oxygen atoms in total. The standard InChI is InChI=1S/C18H21N3O3/c1-22-16-8-18-17(23-12-24-18)7-14(16)11-21-6-5-20-10-15(21)13-3-2-4-19-9-13/h2-4,7-9,15,20H,5-6,10-12H2,1H3. The molecular formula is C18H21N3O3. The summed E-state index contributed by atoms with van der Waals surface area (Å²) < 4.78 is 16.5. The van der Waals surface area contributed by atoms with Crippen LogP contribution in [0.1, 0.15) is 17.2 Å². The molecule has 2 aliphatic rings. The van der Waals surface area contributed by atoms with Crippen molar-refractivity contribution < 1.29 is 14.2 Å². The van der Waals surface area contributed by atoms with E-state index in [9.17, 15) is 0 Å². The first-order valence-corrected chi connectivity index (χ1v) is 8.16. The lowest BCUT2D eigenvalue weighted by molar-refractivity contribution is 0.151. The summed E-state index contributed by atoms with van der Waals surface area (Å²) in [6.07, 6.45) is 3.76. The Morgan fingerprint density at radius 1 is 1.33 bits per heavy atom. The Morgan fingerprint density at radius 2 is 2.21 bits per heavy atom. The first kappa shape index (κ1) is 15.2. The maximum absolute atomic E-state index is 5.56. The fourth-order valence-corrected chi connectivity index (χ4v) is 3.34. The van der Waals surface area contributed by atoms with Gasteiger partial charge in [-0.15, -0.1) is 0 Å². The normalized spacial score (nSPS) is 20.1. The molecule has 1 atom stereocenters. The molecule has 1 unspecified atom stereocenters. The first-order chi connectivity index (χ1) is 11.8. The minimum absolute atomic E-state index is 0.272. The Bertz CT molecular complexity index is 708. The summed E-state index contributed by atoms with van der Waals surface area (Å²) in [4.78, 5) is 6.72. The quantitative estimate of drug-likeness (QED) is 0.926. The smallest absolute Gasteiger partial charge is 0.231 e. The molecule has 2 aromatic rings. The Labute approximate surface area is 141 Å². The molecule has 0 aliphatic carbocycles. The third kappa shape index (κ3) is 2.90. The molecule has 24 heavy (non-hydrogen) atoms. The number of nitrogens with one attached hydrogen (secondary N) is 1. The second-order valence-electron chi connectivity index (χ2n) is 5.99. The summed E-state index contributed by atoms with van der Waals surface area (Å²) >= 11 is 0. The van der Waals surface area contributed by atoms with Crippen LogP contribution in [0.2, 0.25) is 0 Å². The predicted molar refractivity (Wildman–Crippen MR) is 89.4 cm³/mol. The number of aromatic nitrogens is 1. The van der Waals surface area contributed by atoms with E-state index in [-0.39, 0.29) is 6.79 Å². The van der Waals surface area contributed by atoms with Gasteiger partial charge in [-0.3, -0.25) is 9.88 Å². The minimum atomic E-state index is 0.272. The zero-order chi connectivity index (χ0) is 16.4. The van der Waals surface area contributed by atoms with Crippen LogP contribution in [0.15, 0.2) is 36.7 Å². The van der Waals surface area contributed by atoms with Crippen LogP contribution in [-0.2, 0) is 6.54 Å². The van der Waals surface area contributed by atoms with E-state index in [2.05, 4.69) is 21.3 Å². The van der Waals surface area contributed by atoms with Gasteiger partial charge in [0.05, 0.1) is 7.11 Å². The van der Waals surface area contributed by atoms with Crippen molar-refractivity contribution in [2.45, 2.75) is 12.6 Å². The van der Waals surface area contributed by atoms with Crippen LogP contribution >= 0.6 is 0 Å². The van der Waals surface area contributed by atoms with Gasteiger partial charge in [0.25, 0.3) is 0 Å². The summed E-state index contributed by atoms with van der Waals surface area (Å²) in [6.45, 7) is 3.92. The maximum atomic E-state index is 5.56. The second-order valence-corrected chi connectivity index (χ2v) is 5.99. The molecule has 6 heteroatoms.